The third kappa shape index (κ3) is 8.57. The summed E-state index contributed by atoms with van der Waals surface area (Å²) in [5.74, 6) is -0.104. The van der Waals surface area contributed by atoms with Crippen molar-refractivity contribution in [1.29, 1.82) is 0 Å². The molecule has 0 atom stereocenters. The fourth-order valence-electron chi connectivity index (χ4n) is 0.627. The lowest BCUT2D eigenvalue weighted by molar-refractivity contribution is 0.501. The van der Waals surface area contributed by atoms with E-state index in [2.05, 4.69) is 31.6 Å². The zero-order valence-corrected chi connectivity index (χ0v) is 12.4. The molecule has 0 radical (unpaired) electrons. The summed E-state index contributed by atoms with van der Waals surface area (Å²) in [5, 5.41) is 0. The van der Waals surface area contributed by atoms with Crippen molar-refractivity contribution >= 4 is 61.5 Å². The van der Waals surface area contributed by atoms with Crippen LogP contribution in [0.3, 0.4) is 0 Å². The van der Waals surface area contributed by atoms with Crippen molar-refractivity contribution < 1.29 is 21.4 Å². The maximum Gasteiger partial charge on any atom is 0.353 e. The molecule has 0 spiro atoms. The minimum absolute atomic E-state index is 0.104. The highest BCUT2D eigenvalue weighted by atomic mass is 79.9. The second-order valence-corrected chi connectivity index (χ2v) is 7.83. The van der Waals surface area contributed by atoms with Crippen LogP contribution >= 0.6 is 37.3 Å². The molecular formula is C5H5BrCl2N2O5S2. The smallest absolute Gasteiger partial charge is 0.353 e. The molecule has 0 aliphatic heterocycles. The van der Waals surface area contributed by atoms with E-state index in [4.69, 9.17) is 29.4 Å². The number of hydrogen-bond acceptors (Lipinski definition) is 6. The number of hydrogen-bond donors (Lipinski definition) is 2. The van der Waals surface area contributed by atoms with E-state index in [0.29, 0.717) is 4.47 Å². The van der Waals surface area contributed by atoms with Crippen molar-refractivity contribution in [2.75, 3.05) is 5.73 Å². The molecule has 1 aromatic heterocycles. The quantitative estimate of drug-likeness (QED) is 0.550. The van der Waals surface area contributed by atoms with E-state index in [1.54, 1.807) is 0 Å². The van der Waals surface area contributed by atoms with Gasteiger partial charge in [0, 0.05) is 32.0 Å². The summed E-state index contributed by atoms with van der Waals surface area (Å²) in [4.78, 5) is 3.43. The molecule has 17 heavy (non-hydrogen) atoms. The Morgan fingerprint density at radius 1 is 1.29 bits per heavy atom. The molecule has 0 aliphatic carbocycles. The van der Waals surface area contributed by atoms with Crippen LogP contribution in [0.25, 0.3) is 0 Å². The van der Waals surface area contributed by atoms with Crippen molar-refractivity contribution in [1.82, 2.24) is 4.98 Å². The fraction of sp³-hybridized carbons (Fsp3) is 0. The van der Waals surface area contributed by atoms with Gasteiger partial charge in [0.2, 0.25) is 0 Å². The summed E-state index contributed by atoms with van der Waals surface area (Å²) in [6.45, 7) is 0. The van der Waals surface area contributed by atoms with Crippen LogP contribution in [0.15, 0.2) is 21.6 Å². The highest BCUT2D eigenvalue weighted by molar-refractivity contribution is 9.10. The highest BCUT2D eigenvalue weighted by Gasteiger charge is 2.15. The number of pyridine rings is 1. The second-order valence-electron chi connectivity index (χ2n) is 2.39. The van der Waals surface area contributed by atoms with Gasteiger partial charge in [-0.05, 0) is 22.0 Å². The Labute approximate surface area is 115 Å². The van der Waals surface area contributed by atoms with Gasteiger partial charge in [-0.25, -0.2) is 13.4 Å². The predicted octanol–water partition coefficient (Wildman–Crippen LogP) is 1.38. The van der Waals surface area contributed by atoms with Gasteiger partial charge >= 0.3 is 9.33 Å². The van der Waals surface area contributed by atoms with Gasteiger partial charge in [-0.15, -0.1) is 0 Å². The molecule has 0 fully saturated rings. The molecule has 0 bridgehead atoms. The fourth-order valence-corrected chi connectivity index (χ4v) is 2.05. The van der Waals surface area contributed by atoms with E-state index in [1.807, 2.05) is 0 Å². The second kappa shape index (κ2) is 6.16. The minimum atomic E-state index is -4.19. The van der Waals surface area contributed by atoms with Crippen molar-refractivity contribution in [3.63, 3.8) is 0 Å². The highest BCUT2D eigenvalue weighted by Crippen LogP contribution is 2.23. The number of anilines is 1. The van der Waals surface area contributed by atoms with E-state index >= 15 is 0 Å². The first-order valence-electron chi connectivity index (χ1n) is 3.44. The summed E-state index contributed by atoms with van der Waals surface area (Å²) in [5.41, 5.74) is 5.28. The molecular weight excluding hydrogens is 383 g/mol. The standard InChI is InChI=1S/C5H4BrClN2O2S.ClHO3S/c6-3-1-4(12(7,10)11)5(8)9-2-3;1-5(2,3)4/h1-2H,(H2,8,9);(H,2,3,4). The Kier molecular flexibility index (Phi) is 6.11. The molecule has 12 heteroatoms. The molecule has 0 aliphatic rings. The molecule has 7 nitrogen and oxygen atoms in total. The Hall–Kier alpha value is -0.130. The lowest BCUT2D eigenvalue weighted by Crippen LogP contribution is -2.00. The first-order valence-corrected chi connectivity index (χ1v) is 8.81. The summed E-state index contributed by atoms with van der Waals surface area (Å²) < 4.78 is 47.3. The zero-order chi connectivity index (χ0) is 13.9. The molecule has 3 N–H and O–H groups in total. The lowest BCUT2D eigenvalue weighted by atomic mass is 10.5. The number of nitrogen functional groups attached to an aromatic ring is 1. The Morgan fingerprint density at radius 2 is 1.71 bits per heavy atom. The average Bonchev–Trinajstić information content (AvgIpc) is 2.04. The van der Waals surface area contributed by atoms with E-state index in [9.17, 15) is 8.42 Å². The number of rotatable bonds is 1. The summed E-state index contributed by atoms with van der Waals surface area (Å²) in [6.07, 6.45) is 1.39. The zero-order valence-electron chi connectivity index (χ0n) is 7.71. The minimum Gasteiger partial charge on any atom is -0.383 e. The van der Waals surface area contributed by atoms with Crippen LogP contribution in [0.5, 0.6) is 0 Å². The third-order valence-electron chi connectivity index (χ3n) is 1.11. The normalized spacial score (nSPS) is 11.5. The molecule has 0 saturated carbocycles. The Bertz CT molecular complexity index is 595. The summed E-state index contributed by atoms with van der Waals surface area (Å²) in [6, 6.07) is 1.30. The van der Waals surface area contributed by atoms with Crippen LogP contribution in [-0.2, 0) is 18.4 Å². The summed E-state index contributed by atoms with van der Waals surface area (Å²) >= 11 is 3.05. The van der Waals surface area contributed by atoms with Gasteiger partial charge in [0.1, 0.15) is 10.7 Å². The number of aromatic nitrogens is 1. The van der Waals surface area contributed by atoms with Gasteiger partial charge in [-0.2, -0.15) is 8.42 Å². The van der Waals surface area contributed by atoms with Gasteiger partial charge in [0.25, 0.3) is 9.05 Å². The molecule has 1 heterocycles. The van der Waals surface area contributed by atoms with Crippen molar-refractivity contribution in [2.45, 2.75) is 4.90 Å². The maximum absolute atomic E-state index is 10.8. The van der Waals surface area contributed by atoms with Crippen molar-refractivity contribution in [3.05, 3.63) is 16.7 Å². The van der Waals surface area contributed by atoms with Crippen LogP contribution < -0.4 is 5.73 Å². The first kappa shape index (κ1) is 16.9. The van der Waals surface area contributed by atoms with Crippen molar-refractivity contribution in [3.8, 4) is 0 Å². The van der Waals surface area contributed by atoms with Crippen LogP contribution in [0, 0.1) is 0 Å². The van der Waals surface area contributed by atoms with E-state index in [1.165, 1.54) is 12.3 Å². The van der Waals surface area contributed by atoms with Gasteiger partial charge in [-0.1, -0.05) is 0 Å². The van der Waals surface area contributed by atoms with Gasteiger partial charge in [0.05, 0.1) is 0 Å². The predicted molar refractivity (Wildman–Crippen MR) is 66.8 cm³/mol. The molecule has 0 aromatic carbocycles. The molecule has 0 unspecified atom stereocenters. The Balaban J connectivity index is 0.000000437. The molecule has 0 amide bonds. The van der Waals surface area contributed by atoms with Crippen LogP contribution in [0.4, 0.5) is 5.82 Å². The van der Waals surface area contributed by atoms with E-state index in [0.717, 1.165) is 0 Å². The topological polar surface area (TPSA) is 127 Å². The monoisotopic (exact) mass is 386 g/mol. The third-order valence-corrected chi connectivity index (χ3v) is 2.90. The SMILES string of the molecule is Nc1ncc(Br)cc1S(=O)(=O)Cl.O=S(=O)(O)Cl. The molecule has 98 valence electrons. The Morgan fingerprint density at radius 3 is 2.00 bits per heavy atom. The maximum atomic E-state index is 10.8. The van der Waals surface area contributed by atoms with Crippen LogP contribution in [-0.4, -0.2) is 26.4 Å². The molecule has 1 rings (SSSR count). The number of nitrogens with zero attached hydrogens (tertiary/aromatic N) is 1. The van der Waals surface area contributed by atoms with Gasteiger partial charge < -0.3 is 5.73 Å². The average molecular weight is 388 g/mol. The summed E-state index contributed by atoms with van der Waals surface area (Å²) in [7, 11) is 1.13. The molecule has 0 saturated heterocycles. The van der Waals surface area contributed by atoms with Gasteiger partial charge in [0.15, 0.2) is 0 Å². The number of nitrogens with two attached hydrogens (primary N) is 1. The number of halogens is 3. The van der Waals surface area contributed by atoms with Crippen LogP contribution in [0.1, 0.15) is 0 Å². The van der Waals surface area contributed by atoms with Crippen molar-refractivity contribution in [2.24, 2.45) is 0 Å². The lowest BCUT2D eigenvalue weighted by Gasteiger charge is -1.99. The largest absolute Gasteiger partial charge is 0.383 e. The molecule has 1 aromatic rings. The van der Waals surface area contributed by atoms with E-state index in [-0.39, 0.29) is 10.7 Å². The van der Waals surface area contributed by atoms with Crippen LogP contribution in [0.2, 0.25) is 0 Å². The van der Waals surface area contributed by atoms with E-state index < -0.39 is 18.4 Å². The first-order chi connectivity index (χ1) is 7.41. The van der Waals surface area contributed by atoms with Gasteiger partial charge in [-0.3, -0.25) is 4.55 Å².